The number of carbonyl (C=O) groups is 1. The Morgan fingerprint density at radius 2 is 1.89 bits per heavy atom. The number of carbonyl (C=O) groups excluding carboxylic acids is 1. The van der Waals surface area contributed by atoms with E-state index in [1.165, 1.54) is 18.7 Å². The highest BCUT2D eigenvalue weighted by atomic mass is 32.2. The summed E-state index contributed by atoms with van der Waals surface area (Å²) in [6.45, 7) is 3.67. The monoisotopic (exact) mass is 384 g/mol. The van der Waals surface area contributed by atoms with Gasteiger partial charge < -0.3 is 9.84 Å². The topological polar surface area (TPSA) is 90.1 Å². The number of benzene rings is 2. The smallest absolute Gasteiger partial charge is 0.214 e. The van der Waals surface area contributed by atoms with E-state index in [1.807, 2.05) is 31.2 Å². The third-order valence-electron chi connectivity index (χ3n) is 3.83. The van der Waals surface area contributed by atoms with Gasteiger partial charge in [-0.05, 0) is 60.7 Å². The summed E-state index contributed by atoms with van der Waals surface area (Å²) >= 11 is 1.35. The van der Waals surface area contributed by atoms with Crippen molar-refractivity contribution in [3.05, 3.63) is 59.7 Å². The number of thioether (sulfide) groups is 1. The Balaban J connectivity index is 1.52. The summed E-state index contributed by atoms with van der Waals surface area (Å²) in [6, 6.07) is 14.7. The number of aliphatic hydroxyl groups excluding tert-OH is 1. The number of aromatic nitrogens is 4. The Hall–Kier alpha value is -2.71. The molecule has 0 aliphatic heterocycles. The van der Waals surface area contributed by atoms with Crippen LogP contribution in [0.25, 0.3) is 5.69 Å². The summed E-state index contributed by atoms with van der Waals surface area (Å²) < 4.78 is 7.20. The lowest BCUT2D eigenvalue weighted by Crippen LogP contribution is -2.20. The number of hydrogen-bond donors (Lipinski definition) is 1. The van der Waals surface area contributed by atoms with E-state index in [4.69, 9.17) is 4.74 Å². The maximum Gasteiger partial charge on any atom is 0.214 e. The molecule has 1 atom stereocenters. The zero-order valence-corrected chi connectivity index (χ0v) is 15.9. The van der Waals surface area contributed by atoms with Crippen LogP contribution in [0.1, 0.15) is 22.8 Å². The molecule has 0 aliphatic carbocycles. The molecule has 7 nitrogen and oxygen atoms in total. The van der Waals surface area contributed by atoms with Crippen molar-refractivity contribution in [2.45, 2.75) is 25.1 Å². The van der Waals surface area contributed by atoms with E-state index in [2.05, 4.69) is 15.5 Å². The number of hydrogen-bond acceptors (Lipinski definition) is 7. The van der Waals surface area contributed by atoms with Gasteiger partial charge in [-0.3, -0.25) is 4.79 Å². The van der Waals surface area contributed by atoms with Gasteiger partial charge in [0.1, 0.15) is 12.4 Å². The molecule has 0 bridgehead atoms. The van der Waals surface area contributed by atoms with E-state index in [0.717, 1.165) is 11.3 Å². The van der Waals surface area contributed by atoms with Gasteiger partial charge in [0.2, 0.25) is 5.16 Å². The first-order chi connectivity index (χ1) is 13.0. The van der Waals surface area contributed by atoms with Crippen molar-refractivity contribution in [2.24, 2.45) is 0 Å². The van der Waals surface area contributed by atoms with Crippen molar-refractivity contribution in [1.29, 1.82) is 0 Å². The fraction of sp³-hybridized carbons (Fsp3) is 0.263. The summed E-state index contributed by atoms with van der Waals surface area (Å²) in [5.41, 5.74) is 2.65. The van der Waals surface area contributed by atoms with E-state index < -0.39 is 6.10 Å². The van der Waals surface area contributed by atoms with Gasteiger partial charge in [0.15, 0.2) is 5.78 Å². The normalized spacial score (nSPS) is 12.0. The predicted molar refractivity (Wildman–Crippen MR) is 103 cm³/mol. The average Bonchev–Trinajstić information content (AvgIpc) is 3.14. The molecule has 0 saturated heterocycles. The Kier molecular flexibility index (Phi) is 6.20. The van der Waals surface area contributed by atoms with Crippen LogP contribution in [0.4, 0.5) is 0 Å². The summed E-state index contributed by atoms with van der Waals surface area (Å²) in [4.78, 5) is 11.3. The van der Waals surface area contributed by atoms with E-state index in [1.54, 1.807) is 28.9 Å². The van der Waals surface area contributed by atoms with Gasteiger partial charge in [-0.25, -0.2) is 0 Å². The van der Waals surface area contributed by atoms with Crippen molar-refractivity contribution >= 4 is 17.5 Å². The molecule has 0 radical (unpaired) electrons. The number of tetrazole rings is 1. The molecule has 1 aromatic heterocycles. The number of aliphatic hydroxyl groups is 1. The van der Waals surface area contributed by atoms with Crippen LogP contribution in [0.5, 0.6) is 5.75 Å². The maximum atomic E-state index is 11.3. The molecule has 0 aliphatic rings. The zero-order chi connectivity index (χ0) is 19.2. The van der Waals surface area contributed by atoms with Crippen LogP contribution in [0.2, 0.25) is 0 Å². The Morgan fingerprint density at radius 3 is 2.56 bits per heavy atom. The number of rotatable bonds is 8. The molecule has 0 fully saturated rings. The van der Waals surface area contributed by atoms with E-state index >= 15 is 0 Å². The van der Waals surface area contributed by atoms with Crippen LogP contribution >= 0.6 is 11.8 Å². The third-order valence-corrected chi connectivity index (χ3v) is 4.89. The van der Waals surface area contributed by atoms with Crippen molar-refractivity contribution in [1.82, 2.24) is 20.2 Å². The van der Waals surface area contributed by atoms with Gasteiger partial charge in [-0.15, -0.1) is 5.10 Å². The quantitative estimate of drug-likeness (QED) is 0.472. The lowest BCUT2D eigenvalue weighted by molar-refractivity contribution is 0.101. The zero-order valence-electron chi connectivity index (χ0n) is 15.1. The van der Waals surface area contributed by atoms with Crippen molar-refractivity contribution in [3.63, 3.8) is 0 Å². The number of Topliss-reactive ketones (excluding diaryl/α,β-unsaturated/α-hetero) is 1. The first-order valence-corrected chi connectivity index (χ1v) is 9.41. The first-order valence-electron chi connectivity index (χ1n) is 8.43. The molecular weight excluding hydrogens is 364 g/mol. The number of nitrogens with zero attached hydrogens (tertiary/aromatic N) is 4. The molecule has 140 valence electrons. The molecule has 3 aromatic rings. The fourth-order valence-electron chi connectivity index (χ4n) is 2.31. The standard InChI is InChI=1S/C19H20N4O3S/c1-13-3-7-16(8-4-13)23-19(20-21-22-23)27-12-17(25)11-26-18-9-5-15(6-10-18)14(2)24/h3-10,17,25H,11-12H2,1-2H3/t17-/m0/s1. The van der Waals surface area contributed by atoms with Crippen LogP contribution in [-0.2, 0) is 0 Å². The van der Waals surface area contributed by atoms with Gasteiger partial charge >= 0.3 is 0 Å². The van der Waals surface area contributed by atoms with Crippen LogP contribution in [0, 0.1) is 6.92 Å². The second kappa shape index (κ2) is 8.79. The minimum Gasteiger partial charge on any atom is -0.491 e. The summed E-state index contributed by atoms with van der Waals surface area (Å²) in [6.07, 6.45) is -0.689. The SMILES string of the molecule is CC(=O)c1ccc(OC[C@H](O)CSc2nnnn2-c2ccc(C)cc2)cc1. The lowest BCUT2D eigenvalue weighted by atomic mass is 10.1. The van der Waals surface area contributed by atoms with Gasteiger partial charge in [-0.1, -0.05) is 29.5 Å². The molecule has 0 saturated carbocycles. The molecule has 27 heavy (non-hydrogen) atoms. The molecule has 8 heteroatoms. The van der Waals surface area contributed by atoms with Gasteiger partial charge in [0.25, 0.3) is 0 Å². The maximum absolute atomic E-state index is 11.3. The van der Waals surface area contributed by atoms with Crippen molar-refractivity contribution in [3.8, 4) is 11.4 Å². The summed E-state index contributed by atoms with van der Waals surface area (Å²) in [7, 11) is 0. The van der Waals surface area contributed by atoms with Crippen molar-refractivity contribution < 1.29 is 14.6 Å². The second-order valence-electron chi connectivity index (χ2n) is 6.07. The van der Waals surface area contributed by atoms with Gasteiger partial charge in [0.05, 0.1) is 11.8 Å². The Labute approximate surface area is 161 Å². The highest BCUT2D eigenvalue weighted by Gasteiger charge is 2.13. The molecular formula is C19H20N4O3S. The Bertz CT molecular complexity index is 894. The van der Waals surface area contributed by atoms with Crippen LogP contribution in [0.3, 0.4) is 0 Å². The van der Waals surface area contributed by atoms with E-state index in [0.29, 0.717) is 22.2 Å². The molecule has 1 N–H and O–H groups in total. The first kappa shape index (κ1) is 19.1. The highest BCUT2D eigenvalue weighted by molar-refractivity contribution is 7.99. The van der Waals surface area contributed by atoms with E-state index in [9.17, 15) is 9.90 Å². The van der Waals surface area contributed by atoms with Crippen LogP contribution in [-0.4, -0.2) is 49.6 Å². The average molecular weight is 384 g/mol. The largest absolute Gasteiger partial charge is 0.491 e. The van der Waals surface area contributed by atoms with Crippen LogP contribution < -0.4 is 4.74 Å². The molecule has 0 unspecified atom stereocenters. The number of ketones is 1. The Morgan fingerprint density at radius 1 is 1.19 bits per heavy atom. The number of ether oxygens (including phenoxy) is 1. The van der Waals surface area contributed by atoms with Crippen LogP contribution in [0.15, 0.2) is 53.7 Å². The molecule has 2 aromatic carbocycles. The fourth-order valence-corrected chi connectivity index (χ4v) is 3.11. The molecule has 3 rings (SSSR count). The van der Waals surface area contributed by atoms with E-state index in [-0.39, 0.29) is 12.4 Å². The predicted octanol–water partition coefficient (Wildman–Crippen LogP) is 2.71. The molecule has 1 heterocycles. The minimum atomic E-state index is -0.689. The summed E-state index contributed by atoms with van der Waals surface area (Å²) in [5.74, 6) is 0.996. The third kappa shape index (κ3) is 5.15. The van der Waals surface area contributed by atoms with Gasteiger partial charge in [-0.2, -0.15) is 4.68 Å². The highest BCUT2D eigenvalue weighted by Crippen LogP contribution is 2.20. The second-order valence-corrected chi connectivity index (χ2v) is 7.05. The summed E-state index contributed by atoms with van der Waals surface area (Å²) in [5, 5.41) is 22.5. The number of aryl methyl sites for hydroxylation is 1. The lowest BCUT2D eigenvalue weighted by Gasteiger charge is -2.12. The van der Waals surface area contributed by atoms with Crippen molar-refractivity contribution in [2.75, 3.05) is 12.4 Å². The van der Waals surface area contributed by atoms with Gasteiger partial charge in [0, 0.05) is 11.3 Å². The minimum absolute atomic E-state index is 0.00397. The molecule has 0 spiro atoms. The molecule has 0 amide bonds.